The van der Waals surface area contributed by atoms with Gasteiger partial charge >= 0.3 is 5.69 Å². The van der Waals surface area contributed by atoms with Crippen molar-refractivity contribution >= 4 is 23.3 Å². The number of hydrogen-bond donors (Lipinski definition) is 1. The highest BCUT2D eigenvalue weighted by molar-refractivity contribution is 7.98. The van der Waals surface area contributed by atoms with Crippen molar-refractivity contribution in [2.24, 2.45) is 0 Å². The molecule has 0 aliphatic carbocycles. The summed E-state index contributed by atoms with van der Waals surface area (Å²) in [6, 6.07) is 8.90. The second-order valence-corrected chi connectivity index (χ2v) is 7.96. The molecule has 0 unspecified atom stereocenters. The molecular weight excluding hydrogens is 416 g/mol. The first-order valence-corrected chi connectivity index (χ1v) is 10.8. The molecule has 10 heteroatoms. The summed E-state index contributed by atoms with van der Waals surface area (Å²) in [5.74, 6) is 1.20. The van der Waals surface area contributed by atoms with Gasteiger partial charge in [-0.2, -0.15) is 0 Å². The summed E-state index contributed by atoms with van der Waals surface area (Å²) in [6.07, 6.45) is 3.94. The average molecular weight is 439 g/mol. The lowest BCUT2D eigenvalue weighted by atomic mass is 10.2. The lowest BCUT2D eigenvalue weighted by Crippen LogP contribution is -2.28. The van der Waals surface area contributed by atoms with Crippen LogP contribution in [-0.2, 0) is 12.3 Å². The molecule has 160 valence electrons. The monoisotopic (exact) mass is 438 g/mol. The molecule has 0 aliphatic heterocycles. The number of rotatable bonds is 8. The van der Waals surface area contributed by atoms with Gasteiger partial charge in [-0.05, 0) is 44.5 Å². The molecule has 0 bridgehead atoms. The molecule has 0 aliphatic rings. The molecule has 31 heavy (non-hydrogen) atoms. The van der Waals surface area contributed by atoms with Crippen molar-refractivity contribution in [1.29, 1.82) is 0 Å². The van der Waals surface area contributed by atoms with Crippen LogP contribution in [0, 0.1) is 13.8 Å². The Labute approximate surface area is 182 Å². The van der Waals surface area contributed by atoms with E-state index in [2.05, 4.69) is 20.6 Å². The first-order chi connectivity index (χ1) is 15.0. The van der Waals surface area contributed by atoms with Crippen LogP contribution in [0.5, 0.6) is 0 Å². The van der Waals surface area contributed by atoms with E-state index in [0.29, 0.717) is 41.5 Å². The first-order valence-electron chi connectivity index (χ1n) is 9.86. The van der Waals surface area contributed by atoms with Crippen LogP contribution in [0.15, 0.2) is 57.1 Å². The Morgan fingerprint density at radius 2 is 2.10 bits per heavy atom. The van der Waals surface area contributed by atoms with Crippen LogP contribution < -0.4 is 11.0 Å². The van der Waals surface area contributed by atoms with Crippen LogP contribution in [0.4, 0.5) is 0 Å². The topological polar surface area (TPSA) is 107 Å². The van der Waals surface area contributed by atoms with E-state index < -0.39 is 0 Å². The van der Waals surface area contributed by atoms with Gasteiger partial charge in [0.15, 0.2) is 5.65 Å². The van der Waals surface area contributed by atoms with Crippen LogP contribution in [-0.4, -0.2) is 36.8 Å². The Bertz CT molecular complexity index is 1260. The van der Waals surface area contributed by atoms with Gasteiger partial charge in [-0.15, -0.1) is 16.9 Å². The van der Waals surface area contributed by atoms with Gasteiger partial charge in [-0.1, -0.05) is 11.2 Å². The number of nitrogens with zero attached hydrogens (tertiary/aromatic N) is 5. The van der Waals surface area contributed by atoms with Crippen LogP contribution in [0.3, 0.4) is 0 Å². The molecule has 0 fully saturated rings. The Morgan fingerprint density at radius 1 is 1.23 bits per heavy atom. The Kier molecular flexibility index (Phi) is 6.17. The van der Waals surface area contributed by atoms with Gasteiger partial charge in [0.25, 0.3) is 5.91 Å². The number of amides is 1. The van der Waals surface area contributed by atoms with Crippen LogP contribution in [0.1, 0.15) is 33.8 Å². The molecule has 4 aromatic heterocycles. The maximum Gasteiger partial charge on any atom is 0.350 e. The quantitative estimate of drug-likeness (QED) is 0.333. The van der Waals surface area contributed by atoms with E-state index in [-0.39, 0.29) is 11.6 Å². The van der Waals surface area contributed by atoms with E-state index in [4.69, 9.17) is 4.52 Å². The number of aromatic nitrogens is 5. The van der Waals surface area contributed by atoms with Crippen molar-refractivity contribution in [1.82, 2.24) is 29.6 Å². The summed E-state index contributed by atoms with van der Waals surface area (Å²) >= 11 is 1.47. The number of hydrogen-bond acceptors (Lipinski definition) is 7. The van der Waals surface area contributed by atoms with Crippen LogP contribution >= 0.6 is 11.8 Å². The smallest absolute Gasteiger partial charge is 0.350 e. The summed E-state index contributed by atoms with van der Waals surface area (Å²) in [4.78, 5) is 29.4. The van der Waals surface area contributed by atoms with Crippen LogP contribution in [0.25, 0.3) is 5.65 Å². The standard InChI is InChI=1S/C21H22N6O3S/c1-14-17(15(2)30-25-14)13-31-20-16(7-5-9-23-20)19(28)22-10-6-12-27-21(29)26-11-4-3-8-18(26)24-27/h3-5,7-9,11H,6,10,12-13H2,1-2H3,(H,22,28). The lowest BCUT2D eigenvalue weighted by Gasteiger charge is -2.09. The predicted octanol–water partition coefficient (Wildman–Crippen LogP) is 2.61. The number of thioether (sulfide) groups is 1. The molecule has 4 rings (SSSR count). The highest BCUT2D eigenvalue weighted by Gasteiger charge is 2.15. The minimum absolute atomic E-state index is 0.188. The molecule has 0 atom stereocenters. The normalized spacial score (nSPS) is 11.2. The maximum atomic E-state index is 12.7. The van der Waals surface area contributed by atoms with E-state index in [0.717, 1.165) is 17.0 Å². The van der Waals surface area contributed by atoms with E-state index in [1.54, 1.807) is 36.7 Å². The zero-order valence-electron chi connectivity index (χ0n) is 17.2. The van der Waals surface area contributed by atoms with Crippen LogP contribution in [0.2, 0.25) is 0 Å². The molecular formula is C21H22N6O3S. The molecule has 9 nitrogen and oxygen atoms in total. The summed E-state index contributed by atoms with van der Waals surface area (Å²) < 4.78 is 8.11. The third-order valence-electron chi connectivity index (χ3n) is 4.87. The molecule has 0 radical (unpaired) electrons. The first kappa shape index (κ1) is 20.9. The van der Waals surface area contributed by atoms with Gasteiger partial charge in [0.2, 0.25) is 0 Å². The zero-order chi connectivity index (χ0) is 21.8. The zero-order valence-corrected chi connectivity index (χ0v) is 18.1. The van der Waals surface area contributed by atoms with E-state index >= 15 is 0 Å². The molecule has 4 heterocycles. The Hall–Kier alpha value is -3.40. The fourth-order valence-electron chi connectivity index (χ4n) is 3.17. The van der Waals surface area contributed by atoms with E-state index in [1.165, 1.54) is 20.8 Å². The SMILES string of the molecule is Cc1noc(C)c1CSc1ncccc1C(=O)NCCCn1nc2ccccn2c1=O. The van der Waals surface area contributed by atoms with E-state index in [9.17, 15) is 9.59 Å². The summed E-state index contributed by atoms with van der Waals surface area (Å²) in [7, 11) is 0. The second kappa shape index (κ2) is 9.17. The molecule has 0 saturated carbocycles. The number of aryl methyl sites for hydroxylation is 3. The molecule has 1 amide bonds. The molecule has 0 saturated heterocycles. The second-order valence-electron chi connectivity index (χ2n) is 6.99. The number of carbonyl (C=O) groups is 1. The van der Waals surface area contributed by atoms with Gasteiger partial charge in [0.1, 0.15) is 10.8 Å². The van der Waals surface area contributed by atoms with Crippen molar-refractivity contribution < 1.29 is 9.32 Å². The molecule has 4 aromatic rings. The van der Waals surface area contributed by atoms with Gasteiger partial charge in [-0.25, -0.2) is 14.5 Å². The molecule has 0 spiro atoms. The summed E-state index contributed by atoms with van der Waals surface area (Å²) in [6.45, 7) is 4.60. The highest BCUT2D eigenvalue weighted by Crippen LogP contribution is 2.27. The number of nitrogens with one attached hydrogen (secondary N) is 1. The molecule has 1 N–H and O–H groups in total. The maximum absolute atomic E-state index is 12.7. The Morgan fingerprint density at radius 3 is 2.87 bits per heavy atom. The number of fused-ring (bicyclic) bond motifs is 1. The van der Waals surface area contributed by atoms with Gasteiger partial charge in [0.05, 0.1) is 11.3 Å². The largest absolute Gasteiger partial charge is 0.361 e. The third-order valence-corrected chi connectivity index (χ3v) is 5.90. The minimum Gasteiger partial charge on any atom is -0.361 e. The fourth-order valence-corrected chi connectivity index (χ4v) is 4.31. The average Bonchev–Trinajstić information content (AvgIpc) is 3.28. The summed E-state index contributed by atoms with van der Waals surface area (Å²) in [5.41, 5.74) is 2.79. The van der Waals surface area contributed by atoms with Gasteiger partial charge in [-0.3, -0.25) is 9.20 Å². The van der Waals surface area contributed by atoms with Crippen molar-refractivity contribution in [3.8, 4) is 0 Å². The van der Waals surface area contributed by atoms with Crippen molar-refractivity contribution in [3.05, 3.63) is 75.8 Å². The number of pyridine rings is 2. The fraction of sp³-hybridized carbons (Fsp3) is 0.286. The van der Waals surface area contributed by atoms with Crippen molar-refractivity contribution in [3.63, 3.8) is 0 Å². The number of carbonyl (C=O) groups excluding carboxylic acids is 1. The Balaban J connectivity index is 1.34. The lowest BCUT2D eigenvalue weighted by molar-refractivity contribution is 0.0949. The molecule has 0 aromatic carbocycles. The highest BCUT2D eigenvalue weighted by atomic mass is 32.2. The summed E-state index contributed by atoms with van der Waals surface area (Å²) in [5, 5.41) is 11.8. The minimum atomic E-state index is -0.197. The predicted molar refractivity (Wildman–Crippen MR) is 116 cm³/mol. The third kappa shape index (κ3) is 4.53. The van der Waals surface area contributed by atoms with Crippen molar-refractivity contribution in [2.45, 2.75) is 37.6 Å². The van der Waals surface area contributed by atoms with Crippen molar-refractivity contribution in [2.75, 3.05) is 6.54 Å². The van der Waals surface area contributed by atoms with Gasteiger partial charge < -0.3 is 9.84 Å². The van der Waals surface area contributed by atoms with E-state index in [1.807, 2.05) is 19.9 Å². The van der Waals surface area contributed by atoms with Gasteiger partial charge in [0, 0.05) is 36.8 Å².